The van der Waals surface area contributed by atoms with Crippen LogP contribution < -0.4 is 4.74 Å². The number of rotatable bonds is 6. The normalized spacial score (nSPS) is 21.4. The molecular weight excluding hydrogens is 299 g/mol. The van der Waals surface area contributed by atoms with Gasteiger partial charge in [0.25, 0.3) is 0 Å². The fourth-order valence-corrected chi connectivity index (χ4v) is 3.03. The Morgan fingerprint density at radius 3 is 2.70 bits per heavy atom. The summed E-state index contributed by atoms with van der Waals surface area (Å²) in [5.74, 6) is 0.480. The molecule has 1 heterocycles. The summed E-state index contributed by atoms with van der Waals surface area (Å²) in [6.45, 7) is 1.83. The number of halogens is 1. The summed E-state index contributed by atoms with van der Waals surface area (Å²) in [6.07, 6.45) is 0.424. The number of benzene rings is 1. The molecule has 23 heavy (non-hydrogen) atoms. The summed E-state index contributed by atoms with van der Waals surface area (Å²) < 4.78 is 24.9. The van der Waals surface area contributed by atoms with Gasteiger partial charge >= 0.3 is 0 Å². The molecule has 1 aliphatic rings. The van der Waals surface area contributed by atoms with Crippen LogP contribution >= 0.6 is 0 Å². The number of likely N-dealkylation sites (tertiary alicyclic amines) is 1. The van der Waals surface area contributed by atoms with E-state index in [0.717, 1.165) is 0 Å². The summed E-state index contributed by atoms with van der Waals surface area (Å²) in [5.41, 5.74) is 0.546. The van der Waals surface area contributed by atoms with Crippen LogP contribution in [0.25, 0.3) is 0 Å². The van der Waals surface area contributed by atoms with Crippen LogP contribution in [0.15, 0.2) is 18.2 Å². The molecule has 0 aromatic heterocycles. The smallest absolute Gasteiger partial charge is 0.222 e. The Hall–Kier alpha value is -1.66. The van der Waals surface area contributed by atoms with Gasteiger partial charge in [-0.3, -0.25) is 9.69 Å². The van der Waals surface area contributed by atoms with Gasteiger partial charge in [-0.25, -0.2) is 4.39 Å². The number of hydrogen-bond acceptors (Lipinski definition) is 4. The number of carbonyl (C=O) groups excluding carboxylic acids is 1. The zero-order valence-electron chi connectivity index (χ0n) is 14.2. The Labute approximate surface area is 137 Å². The van der Waals surface area contributed by atoms with Crippen molar-refractivity contribution in [2.45, 2.75) is 19.1 Å². The molecule has 0 aliphatic carbocycles. The van der Waals surface area contributed by atoms with Crippen LogP contribution in [0.3, 0.4) is 0 Å². The van der Waals surface area contributed by atoms with Gasteiger partial charge in [0.05, 0.1) is 13.2 Å². The predicted molar refractivity (Wildman–Crippen MR) is 85.8 cm³/mol. The minimum atomic E-state index is -0.272. The van der Waals surface area contributed by atoms with Crippen molar-refractivity contribution in [1.82, 2.24) is 9.80 Å². The van der Waals surface area contributed by atoms with Gasteiger partial charge in [0, 0.05) is 58.7 Å². The van der Waals surface area contributed by atoms with E-state index in [0.29, 0.717) is 37.4 Å². The van der Waals surface area contributed by atoms with Gasteiger partial charge in [-0.2, -0.15) is 0 Å². The number of hydrogen-bond donors (Lipinski definition) is 0. The van der Waals surface area contributed by atoms with E-state index in [9.17, 15) is 9.18 Å². The van der Waals surface area contributed by atoms with Gasteiger partial charge < -0.3 is 14.4 Å². The van der Waals surface area contributed by atoms with Crippen LogP contribution in [0, 0.1) is 11.7 Å². The number of amides is 1. The summed E-state index contributed by atoms with van der Waals surface area (Å²) in [5, 5.41) is 0. The Balaban J connectivity index is 2.07. The van der Waals surface area contributed by atoms with E-state index >= 15 is 0 Å². The van der Waals surface area contributed by atoms with Crippen molar-refractivity contribution in [3.8, 4) is 5.75 Å². The average Bonchev–Trinajstić information content (AvgIpc) is 2.90. The molecule has 0 N–H and O–H groups in total. The number of nitrogens with zero attached hydrogens (tertiary/aromatic N) is 2. The summed E-state index contributed by atoms with van der Waals surface area (Å²) in [4.78, 5) is 15.7. The molecule has 0 spiro atoms. The molecular formula is C17H25FN2O3. The maximum Gasteiger partial charge on any atom is 0.222 e. The molecule has 5 nitrogen and oxygen atoms in total. The lowest BCUT2D eigenvalue weighted by Crippen LogP contribution is -2.29. The van der Waals surface area contributed by atoms with Gasteiger partial charge in [0.2, 0.25) is 5.91 Å². The quantitative estimate of drug-likeness (QED) is 0.800. The molecule has 0 saturated carbocycles. The van der Waals surface area contributed by atoms with Gasteiger partial charge in [-0.1, -0.05) is 6.07 Å². The van der Waals surface area contributed by atoms with E-state index in [1.54, 1.807) is 45.3 Å². The molecule has 2 rings (SSSR count). The molecule has 0 bridgehead atoms. The molecule has 128 valence electrons. The molecule has 2 atom stereocenters. The maximum absolute atomic E-state index is 14.1. The average molecular weight is 324 g/mol. The van der Waals surface area contributed by atoms with E-state index < -0.39 is 0 Å². The Morgan fingerprint density at radius 1 is 1.35 bits per heavy atom. The molecule has 0 unspecified atom stereocenters. The first-order chi connectivity index (χ1) is 11.0. The Kier molecular flexibility index (Phi) is 5.96. The van der Waals surface area contributed by atoms with Crippen molar-refractivity contribution in [3.63, 3.8) is 0 Å². The molecule has 1 aromatic rings. The van der Waals surface area contributed by atoms with Crippen LogP contribution in [0.5, 0.6) is 5.75 Å². The lowest BCUT2D eigenvalue weighted by Gasteiger charge is -2.19. The fourth-order valence-electron chi connectivity index (χ4n) is 3.03. The highest BCUT2D eigenvalue weighted by Gasteiger charge is 2.35. The second-order valence-corrected chi connectivity index (χ2v) is 6.14. The van der Waals surface area contributed by atoms with Crippen molar-refractivity contribution in [3.05, 3.63) is 29.6 Å². The van der Waals surface area contributed by atoms with Crippen LogP contribution in [0.4, 0.5) is 4.39 Å². The monoisotopic (exact) mass is 324 g/mol. The highest BCUT2D eigenvalue weighted by molar-refractivity contribution is 5.75. The topological polar surface area (TPSA) is 42.0 Å². The van der Waals surface area contributed by atoms with Gasteiger partial charge in [-0.05, 0) is 12.1 Å². The summed E-state index contributed by atoms with van der Waals surface area (Å²) in [6, 6.07) is 4.84. The highest BCUT2D eigenvalue weighted by atomic mass is 19.1. The van der Waals surface area contributed by atoms with E-state index in [1.165, 1.54) is 6.07 Å². The van der Waals surface area contributed by atoms with Crippen LogP contribution in [0.2, 0.25) is 0 Å². The SMILES string of the molecule is COc1cccc(F)c1CN1C[C@H](CC(=O)N(C)C)[C@@H](OC)C1. The molecule has 1 amide bonds. The van der Waals surface area contributed by atoms with Crippen LogP contribution in [-0.4, -0.2) is 63.2 Å². The number of carbonyl (C=O) groups is 1. The number of methoxy groups -OCH3 is 2. The zero-order chi connectivity index (χ0) is 17.0. The third-order valence-corrected chi connectivity index (χ3v) is 4.37. The first-order valence-electron chi connectivity index (χ1n) is 7.73. The van der Waals surface area contributed by atoms with E-state index in [1.807, 2.05) is 0 Å². The van der Waals surface area contributed by atoms with Crippen LogP contribution in [0.1, 0.15) is 12.0 Å². The minimum Gasteiger partial charge on any atom is -0.496 e. The fraction of sp³-hybridized carbons (Fsp3) is 0.588. The highest BCUT2D eigenvalue weighted by Crippen LogP contribution is 2.28. The standard InChI is InChI=1S/C17H25FN2O3/c1-19(2)17(21)8-12-9-20(11-16(12)23-4)10-13-14(18)6-5-7-15(13)22-3/h5-7,12,16H,8-11H2,1-4H3/t12-,16-/m0/s1. The predicted octanol–water partition coefficient (Wildman–Crippen LogP) is 1.76. The lowest BCUT2D eigenvalue weighted by atomic mass is 10.0. The van der Waals surface area contributed by atoms with Crippen molar-refractivity contribution in [2.24, 2.45) is 5.92 Å². The second-order valence-electron chi connectivity index (χ2n) is 6.14. The molecule has 1 aliphatic heterocycles. The minimum absolute atomic E-state index is 0.0170. The van der Waals surface area contributed by atoms with Crippen LogP contribution in [-0.2, 0) is 16.1 Å². The first-order valence-corrected chi connectivity index (χ1v) is 7.73. The zero-order valence-corrected chi connectivity index (χ0v) is 14.2. The molecule has 1 saturated heterocycles. The largest absolute Gasteiger partial charge is 0.496 e. The molecule has 1 aromatic carbocycles. The maximum atomic E-state index is 14.1. The Morgan fingerprint density at radius 2 is 2.09 bits per heavy atom. The number of ether oxygens (including phenoxy) is 2. The summed E-state index contributed by atoms with van der Waals surface area (Å²) >= 11 is 0. The lowest BCUT2D eigenvalue weighted by molar-refractivity contribution is -0.130. The summed E-state index contributed by atoms with van der Waals surface area (Å²) in [7, 11) is 6.70. The molecule has 1 fully saturated rings. The van der Waals surface area contributed by atoms with Crippen molar-refractivity contribution in [2.75, 3.05) is 41.4 Å². The van der Waals surface area contributed by atoms with Gasteiger partial charge in [-0.15, -0.1) is 0 Å². The molecule has 6 heteroatoms. The van der Waals surface area contributed by atoms with Crippen molar-refractivity contribution >= 4 is 5.91 Å². The van der Waals surface area contributed by atoms with Crippen molar-refractivity contribution < 1.29 is 18.7 Å². The van der Waals surface area contributed by atoms with E-state index in [4.69, 9.17) is 9.47 Å². The van der Waals surface area contributed by atoms with Gasteiger partial charge in [0.15, 0.2) is 0 Å². The first kappa shape index (κ1) is 17.7. The Bertz CT molecular complexity index is 551. The third-order valence-electron chi connectivity index (χ3n) is 4.37. The second kappa shape index (κ2) is 7.75. The van der Waals surface area contributed by atoms with Crippen molar-refractivity contribution in [1.29, 1.82) is 0 Å². The van der Waals surface area contributed by atoms with E-state index in [2.05, 4.69) is 4.90 Å². The third kappa shape index (κ3) is 4.20. The van der Waals surface area contributed by atoms with E-state index in [-0.39, 0.29) is 23.7 Å². The molecule has 0 radical (unpaired) electrons. The van der Waals surface area contributed by atoms with Gasteiger partial charge in [0.1, 0.15) is 11.6 Å².